The van der Waals surface area contributed by atoms with Gasteiger partial charge in [0.05, 0.1) is 9.75 Å². The summed E-state index contributed by atoms with van der Waals surface area (Å²) in [6.45, 7) is 0. The fourth-order valence-electron chi connectivity index (χ4n) is 12.2. The Morgan fingerprint density at radius 2 is 0.771 bits per heavy atom. The van der Waals surface area contributed by atoms with Crippen molar-refractivity contribution in [2.75, 3.05) is 0 Å². The van der Waals surface area contributed by atoms with Crippen molar-refractivity contribution in [3.8, 4) is 11.5 Å². The summed E-state index contributed by atoms with van der Waals surface area (Å²) in [6.07, 6.45) is 18.7. The molecule has 0 saturated heterocycles. The highest BCUT2D eigenvalue weighted by Gasteiger charge is 2.50. The molecule has 4 aliphatic carbocycles. The van der Waals surface area contributed by atoms with Crippen LogP contribution in [-0.4, -0.2) is 11.2 Å². The Labute approximate surface area is 401 Å². The van der Waals surface area contributed by atoms with E-state index < -0.39 is 56.2 Å². The summed E-state index contributed by atoms with van der Waals surface area (Å²) in [6, 6.07) is 13.4. The molecule has 346 valence electrons. The van der Waals surface area contributed by atoms with Crippen molar-refractivity contribution < 1.29 is 27.0 Å². The van der Waals surface area contributed by atoms with Crippen molar-refractivity contribution in [1.29, 1.82) is 0 Å². The summed E-state index contributed by atoms with van der Waals surface area (Å²) in [5.74, 6) is -2.97. The maximum Gasteiger partial charge on any atom is 0.216 e. The van der Waals surface area contributed by atoms with E-state index in [1.807, 2.05) is 12.1 Å². The fourth-order valence-corrected chi connectivity index (χ4v) is 14.2. The van der Waals surface area contributed by atoms with Crippen LogP contribution in [0.5, 0.6) is 11.5 Å². The normalized spacial score (nSPS) is 20.7. The number of benzene rings is 4. The molecule has 2 unspecified atom stereocenters. The van der Waals surface area contributed by atoms with Crippen LogP contribution in [0.2, 0.25) is 0 Å². The molecule has 14 heteroatoms. The van der Waals surface area contributed by atoms with Gasteiger partial charge in [-0.3, -0.25) is 19.2 Å². The van der Waals surface area contributed by atoms with E-state index in [4.69, 9.17) is 9.47 Å². The van der Waals surface area contributed by atoms with Gasteiger partial charge in [0.1, 0.15) is 32.7 Å². The molecule has 4 heterocycles. The van der Waals surface area contributed by atoms with E-state index in [1.165, 1.54) is 46.9 Å². The summed E-state index contributed by atoms with van der Waals surface area (Å²) in [5.41, 5.74) is 0.835. The minimum absolute atomic E-state index is 0.0504. The highest BCUT2D eigenvalue weighted by atomic mass is 32.1. The minimum atomic E-state index is -1.04. The first kappa shape index (κ1) is 42.0. The first-order valence-electron chi connectivity index (χ1n) is 23.6. The lowest BCUT2D eigenvalue weighted by atomic mass is 9.65. The molecule has 0 radical (unpaired) electrons. The lowest BCUT2D eigenvalue weighted by Gasteiger charge is -2.48. The Bertz CT molecular complexity index is 3780. The van der Waals surface area contributed by atoms with Crippen molar-refractivity contribution in [1.82, 2.24) is 0 Å². The van der Waals surface area contributed by atoms with Crippen LogP contribution in [0.4, 0.5) is 27.6 Å². The number of nitrogens with zero attached hydrogens (tertiary/aromatic N) is 2. The van der Waals surface area contributed by atoms with Crippen LogP contribution >= 0.6 is 22.7 Å². The standard InChI is InChI=1S/C56H36F4N2O6S2/c57-39-19-27-11-31-32(12-28(27)20-40(39)58)50(64)47(49(31)63)61-45-23-43-53(69-45)35-15-26-18-38-36(16-25(26)17-37(35)55(67-43)7-3-1-4-8-55)54-44(68-56(38)9-5-2-6-10-56)24-46(70-54)62-48-51(65)33-13-29-21-41(59)42(60)22-30(29)14-34(33)52(48)66/h11-26H,1-10H2. The van der Waals surface area contributed by atoms with Gasteiger partial charge in [-0.05, 0) is 133 Å². The Morgan fingerprint density at radius 1 is 0.443 bits per heavy atom. The molecular formula is C56H36F4N2O6S2. The highest BCUT2D eigenvalue weighted by Crippen LogP contribution is 2.60. The zero-order chi connectivity index (χ0) is 47.5. The van der Waals surface area contributed by atoms with Crippen LogP contribution in [0.25, 0.3) is 54.2 Å². The quantitative estimate of drug-likeness (QED) is 0.160. The van der Waals surface area contributed by atoms with Crippen molar-refractivity contribution in [3.05, 3.63) is 181 Å². The van der Waals surface area contributed by atoms with Crippen molar-refractivity contribution in [2.45, 2.75) is 75.4 Å². The van der Waals surface area contributed by atoms with Gasteiger partial charge in [-0.1, -0.05) is 37.1 Å². The molecule has 0 bridgehead atoms. The smallest absolute Gasteiger partial charge is 0.216 e. The van der Waals surface area contributed by atoms with Gasteiger partial charge in [0, 0.05) is 56.7 Å². The molecule has 0 amide bonds. The summed E-state index contributed by atoms with van der Waals surface area (Å²) in [4.78, 5) is 66.1. The van der Waals surface area contributed by atoms with Gasteiger partial charge in [-0.25, -0.2) is 27.5 Å². The summed E-state index contributed by atoms with van der Waals surface area (Å²) in [7, 11) is 0. The van der Waals surface area contributed by atoms with Gasteiger partial charge in [0.25, 0.3) is 0 Å². The topological polar surface area (TPSA) is 111 Å². The molecule has 6 aromatic carbocycles. The Morgan fingerprint density at radius 3 is 1.10 bits per heavy atom. The third-order valence-corrected chi connectivity index (χ3v) is 17.6. The zero-order valence-electron chi connectivity index (χ0n) is 37.0. The number of halogens is 4. The molecule has 2 fully saturated rings. The maximum absolute atomic E-state index is 14.1. The average Bonchev–Trinajstić information content (AvgIpc) is 4.07. The molecule has 8 aromatic rings. The fraction of sp³-hybridized carbons (Fsp3) is 0.250. The van der Waals surface area contributed by atoms with Crippen LogP contribution < -0.4 is 41.9 Å². The van der Waals surface area contributed by atoms with Gasteiger partial charge in [0.15, 0.2) is 34.0 Å². The van der Waals surface area contributed by atoms with Crippen LogP contribution in [0, 0.1) is 35.1 Å². The van der Waals surface area contributed by atoms with Gasteiger partial charge < -0.3 is 9.47 Å². The molecule has 2 saturated carbocycles. The van der Waals surface area contributed by atoms with Crippen LogP contribution in [0.3, 0.4) is 0 Å². The molecule has 0 N–H and O–H groups in total. The van der Waals surface area contributed by atoms with Crippen LogP contribution in [-0.2, 0) is 0 Å². The second-order valence-corrected chi connectivity index (χ2v) is 21.7. The van der Waals surface area contributed by atoms with E-state index in [-0.39, 0.29) is 44.1 Å². The predicted molar refractivity (Wildman–Crippen MR) is 264 cm³/mol. The molecule has 14 rings (SSSR count). The third kappa shape index (κ3) is 6.04. The number of allylic oxidation sites excluding steroid dienone is 4. The number of rotatable bonds is 2. The van der Waals surface area contributed by atoms with Crippen LogP contribution in [0.1, 0.15) is 74.0 Å². The van der Waals surface area contributed by atoms with Gasteiger partial charge in [-0.2, -0.15) is 0 Å². The Hall–Kier alpha value is -6.90. The molecule has 2 atom stereocenters. The summed E-state index contributed by atoms with van der Waals surface area (Å²) >= 11 is 2.72. The molecule has 70 heavy (non-hydrogen) atoms. The minimum Gasteiger partial charge on any atom is -0.481 e. The van der Waals surface area contributed by atoms with E-state index in [9.17, 15) is 36.7 Å². The molecule has 6 aliphatic rings. The van der Waals surface area contributed by atoms with Gasteiger partial charge in [-0.15, -0.1) is 22.7 Å². The molecule has 2 aromatic heterocycles. The maximum atomic E-state index is 14.1. The summed E-state index contributed by atoms with van der Waals surface area (Å²) < 4.78 is 70.7. The van der Waals surface area contributed by atoms with Crippen molar-refractivity contribution in [3.63, 3.8) is 0 Å². The molecular weight excluding hydrogens is 937 g/mol. The monoisotopic (exact) mass is 972 g/mol. The second kappa shape index (κ2) is 14.8. The number of thiophene rings is 2. The average molecular weight is 973 g/mol. The van der Waals surface area contributed by atoms with E-state index in [0.29, 0.717) is 43.0 Å². The highest BCUT2D eigenvalue weighted by molar-refractivity contribution is 7.17. The van der Waals surface area contributed by atoms with Crippen molar-refractivity contribution in [2.24, 2.45) is 21.8 Å². The number of hydrogen-bond donors (Lipinski definition) is 0. The van der Waals surface area contributed by atoms with E-state index >= 15 is 0 Å². The lowest BCUT2D eigenvalue weighted by Crippen LogP contribution is -2.45. The van der Waals surface area contributed by atoms with Crippen LogP contribution in [0.15, 0.2) is 125 Å². The number of hydrogen-bond acceptors (Lipinski definition) is 10. The molecule has 2 spiro atoms. The first-order chi connectivity index (χ1) is 33.8. The van der Waals surface area contributed by atoms with E-state index in [1.54, 1.807) is 0 Å². The van der Waals surface area contributed by atoms with E-state index in [0.717, 1.165) is 121 Å². The number of fused-ring (bicyclic) bond motifs is 13. The van der Waals surface area contributed by atoms with Gasteiger partial charge >= 0.3 is 0 Å². The van der Waals surface area contributed by atoms with Crippen molar-refractivity contribution >= 4 is 86.9 Å². The SMILES string of the molecule is O=c1c(=Nc2cc3c(s2)C2=CC4C=C5C(=CC4C=C2C2(CCCCC2)O3)c2sc(N=c3c(=O)c4cc6cc(F)c(F)cc6cc4c3=O)cc2OC52CCCCC2)c(=O)c2cc3cc(F)c(F)cc3cc12. The molecule has 8 nitrogen and oxygen atoms in total. The predicted octanol–water partition coefficient (Wildman–Crippen LogP) is 11.4. The second-order valence-electron chi connectivity index (χ2n) is 19.6. The zero-order valence-corrected chi connectivity index (χ0v) is 38.6. The lowest BCUT2D eigenvalue weighted by molar-refractivity contribution is 0.0636. The van der Waals surface area contributed by atoms with Gasteiger partial charge in [0.2, 0.25) is 21.7 Å². The largest absolute Gasteiger partial charge is 0.481 e. The first-order valence-corrected chi connectivity index (χ1v) is 25.2. The third-order valence-electron chi connectivity index (χ3n) is 15.5. The molecule has 2 aliphatic heterocycles. The Kier molecular flexibility index (Phi) is 8.89. The van der Waals surface area contributed by atoms with E-state index in [2.05, 4.69) is 34.3 Å². The number of ether oxygens (including phenoxy) is 2. The Balaban J connectivity index is 0.881. The summed E-state index contributed by atoms with van der Waals surface area (Å²) in [5, 5.41) is 2.00.